The van der Waals surface area contributed by atoms with Gasteiger partial charge in [-0.15, -0.1) is 0 Å². The molecule has 1 heterocycles. The Bertz CT molecular complexity index is 383. The fraction of sp³-hybridized carbons (Fsp3) is 0.167. The second kappa shape index (κ2) is 4.04. The van der Waals surface area contributed by atoms with Crippen LogP contribution in [0, 0.1) is 0 Å². The van der Waals surface area contributed by atoms with Crippen molar-refractivity contribution in [3.63, 3.8) is 0 Å². The van der Waals surface area contributed by atoms with Gasteiger partial charge in [0.15, 0.2) is 0 Å². The van der Waals surface area contributed by atoms with Crippen LogP contribution in [0.2, 0.25) is 0 Å². The van der Waals surface area contributed by atoms with Crippen LogP contribution >= 0.6 is 0 Å². The molecule has 2 unspecified atom stereocenters. The largest absolute Gasteiger partial charge is 0.352 e. The van der Waals surface area contributed by atoms with Crippen molar-refractivity contribution < 1.29 is 4.74 Å². The molecule has 1 saturated heterocycles. The normalized spacial score (nSPS) is 31.9. The maximum absolute atomic E-state index is 5.68. The molecule has 2 aliphatic rings. The van der Waals surface area contributed by atoms with Gasteiger partial charge in [0.05, 0.1) is 0 Å². The van der Waals surface area contributed by atoms with Crippen LogP contribution in [0.3, 0.4) is 0 Å². The number of hydrogen-bond donors (Lipinski definition) is 0. The molecule has 2 heteroatoms. The van der Waals surface area contributed by atoms with E-state index in [1.807, 2.05) is 12.1 Å². The summed E-state index contributed by atoms with van der Waals surface area (Å²) in [6, 6.07) is 10.4. The smallest absolute Gasteiger partial charge is 0.142 e. The van der Waals surface area contributed by atoms with Gasteiger partial charge in [-0.1, -0.05) is 48.6 Å². The molecule has 1 nitrogen and oxygen atoms in total. The molecule has 1 aromatic rings. The van der Waals surface area contributed by atoms with E-state index < -0.39 is 0 Å². The van der Waals surface area contributed by atoms with Gasteiger partial charge >= 0.3 is 0 Å². The molecule has 0 amide bonds. The van der Waals surface area contributed by atoms with Crippen LogP contribution in [0.4, 0.5) is 0 Å². The average Bonchev–Trinajstić information content (AvgIpc) is 2.94. The first kappa shape index (κ1) is 10.8. The number of allylic oxidation sites excluding steroid dienone is 2. The molecule has 1 aromatic carbocycles. The van der Waals surface area contributed by atoms with E-state index in [2.05, 4.69) is 42.5 Å². The van der Waals surface area contributed by atoms with E-state index in [0.29, 0.717) is 0 Å². The predicted molar refractivity (Wildman–Crippen MR) is 57.0 cm³/mol. The van der Waals surface area contributed by atoms with Gasteiger partial charge in [-0.05, 0) is 11.6 Å². The molecule has 0 aromatic heterocycles. The molecule has 14 heavy (non-hydrogen) atoms. The van der Waals surface area contributed by atoms with E-state index in [9.17, 15) is 0 Å². The van der Waals surface area contributed by atoms with Gasteiger partial charge in [-0.3, -0.25) is 0 Å². The molecule has 3 rings (SSSR count). The zero-order valence-corrected chi connectivity index (χ0v) is 11.3. The van der Waals surface area contributed by atoms with Crippen molar-refractivity contribution in [2.75, 3.05) is 0 Å². The minimum atomic E-state index is -0.129. The molecule has 0 saturated carbocycles. The Labute approximate surface area is 126 Å². The molecule has 0 bridgehead atoms. The van der Waals surface area contributed by atoms with Crippen molar-refractivity contribution >= 4 is 51.4 Å². The molecule has 0 N–H and O–H groups in total. The van der Waals surface area contributed by atoms with Crippen molar-refractivity contribution in [1.29, 1.82) is 0 Å². The molecule has 1 aliphatic heterocycles. The summed E-state index contributed by atoms with van der Waals surface area (Å²) in [6.45, 7) is 0. The van der Waals surface area contributed by atoms with Crippen LogP contribution in [0.5, 0.6) is 0 Å². The maximum atomic E-state index is 5.68. The molecule has 2 atom stereocenters. The van der Waals surface area contributed by atoms with Crippen molar-refractivity contribution in [2.24, 2.45) is 0 Å². The summed E-state index contributed by atoms with van der Waals surface area (Å²) in [5.41, 5.74) is 1.12. The van der Waals surface area contributed by atoms with Crippen LogP contribution in [0.25, 0.3) is 0 Å². The second-order valence-corrected chi connectivity index (χ2v) is 3.44. The first-order chi connectivity index (χ1) is 6.42. The van der Waals surface area contributed by atoms with Crippen LogP contribution in [-0.4, -0.2) is 57.5 Å². The van der Waals surface area contributed by atoms with E-state index in [0.717, 1.165) is 0 Å². The van der Waals surface area contributed by atoms with Gasteiger partial charge < -0.3 is 4.74 Å². The predicted octanol–water partition coefficient (Wildman–Crippen LogP) is 2.03. The van der Waals surface area contributed by atoms with Crippen LogP contribution in [0.15, 0.2) is 54.6 Å². The van der Waals surface area contributed by atoms with Crippen LogP contribution in [0.1, 0.15) is 5.56 Å². The zero-order chi connectivity index (χ0) is 8.73. The van der Waals surface area contributed by atoms with E-state index in [1.165, 1.54) is 5.56 Å². The fourth-order valence-corrected chi connectivity index (χ4v) is 1.88. The topological polar surface area (TPSA) is 12.5 Å². The Morgan fingerprint density at radius 2 is 1.86 bits per heavy atom. The van der Waals surface area contributed by atoms with Crippen LogP contribution in [-0.2, 0) is 10.3 Å². The molecule has 65 valence electrons. The fourth-order valence-electron chi connectivity index (χ4n) is 1.88. The van der Waals surface area contributed by atoms with Crippen molar-refractivity contribution in [3.05, 3.63) is 60.2 Å². The van der Waals surface area contributed by atoms with Gasteiger partial charge in [0.2, 0.25) is 0 Å². The standard InChI is InChI=1S/C12H10O.K/c1-2-6-10(7-3-1)12-9-5-4-8-11(12)13-12;/h1-9,11H;. The van der Waals surface area contributed by atoms with Gasteiger partial charge in [0.25, 0.3) is 0 Å². The number of benzene rings is 1. The Kier molecular flexibility index (Phi) is 3.12. The third-order valence-electron chi connectivity index (χ3n) is 2.65. The first-order valence-corrected chi connectivity index (χ1v) is 4.51. The third kappa shape index (κ3) is 1.60. The zero-order valence-electron chi connectivity index (χ0n) is 8.18. The summed E-state index contributed by atoms with van der Waals surface area (Å²) in [5, 5.41) is 0. The van der Waals surface area contributed by atoms with Gasteiger partial charge in [0, 0.05) is 51.4 Å². The first-order valence-electron chi connectivity index (χ1n) is 4.51. The Hall–Kier alpha value is 0.296. The number of hydrogen-bond acceptors (Lipinski definition) is 1. The van der Waals surface area contributed by atoms with Crippen molar-refractivity contribution in [1.82, 2.24) is 0 Å². The second-order valence-electron chi connectivity index (χ2n) is 3.44. The number of epoxide rings is 1. The molecule has 1 radical (unpaired) electrons. The summed E-state index contributed by atoms with van der Waals surface area (Å²) in [5.74, 6) is 0. The van der Waals surface area contributed by atoms with Crippen LogP contribution < -0.4 is 0 Å². The Morgan fingerprint density at radius 1 is 1.07 bits per heavy atom. The number of fused-ring (bicyclic) bond motifs is 1. The van der Waals surface area contributed by atoms with E-state index >= 15 is 0 Å². The number of rotatable bonds is 1. The summed E-state index contributed by atoms with van der Waals surface area (Å²) in [6.07, 6.45) is 8.59. The van der Waals surface area contributed by atoms with Gasteiger partial charge in [-0.25, -0.2) is 0 Å². The molecule has 1 fully saturated rings. The quantitative estimate of drug-likeness (QED) is 0.509. The monoisotopic (exact) mass is 209 g/mol. The average molecular weight is 209 g/mol. The Balaban J connectivity index is 0.000000750. The summed E-state index contributed by atoms with van der Waals surface area (Å²) in [7, 11) is 0. The van der Waals surface area contributed by atoms with Gasteiger partial charge in [-0.2, -0.15) is 0 Å². The molecule has 1 aliphatic carbocycles. The molecular formula is C12H10KO. The molecule has 0 spiro atoms. The van der Waals surface area contributed by atoms with E-state index in [1.54, 1.807) is 0 Å². The van der Waals surface area contributed by atoms with E-state index in [4.69, 9.17) is 4.74 Å². The summed E-state index contributed by atoms with van der Waals surface area (Å²) in [4.78, 5) is 0. The van der Waals surface area contributed by atoms with Gasteiger partial charge in [0.1, 0.15) is 11.7 Å². The minimum Gasteiger partial charge on any atom is -0.352 e. The Morgan fingerprint density at radius 3 is 2.57 bits per heavy atom. The summed E-state index contributed by atoms with van der Waals surface area (Å²) >= 11 is 0. The van der Waals surface area contributed by atoms with E-state index in [-0.39, 0.29) is 63.1 Å². The molecular weight excluding hydrogens is 199 g/mol. The third-order valence-corrected chi connectivity index (χ3v) is 2.65. The SMILES string of the molecule is C1=CC2OC2(c2ccccc2)C=C1.[K]. The van der Waals surface area contributed by atoms with Crippen molar-refractivity contribution in [2.45, 2.75) is 11.7 Å². The van der Waals surface area contributed by atoms with Crippen molar-refractivity contribution in [3.8, 4) is 0 Å². The summed E-state index contributed by atoms with van der Waals surface area (Å²) < 4.78 is 5.68. The number of ether oxygens (including phenoxy) is 1. The maximum Gasteiger partial charge on any atom is 0.142 e. The minimum absolute atomic E-state index is 0.